The number of rotatable bonds is 5. The van der Waals surface area contributed by atoms with Gasteiger partial charge in [0.15, 0.2) is 0 Å². The summed E-state index contributed by atoms with van der Waals surface area (Å²) in [6.45, 7) is 7.52. The minimum atomic E-state index is -0.188. The van der Waals surface area contributed by atoms with E-state index in [2.05, 4.69) is 29.1 Å². The highest BCUT2D eigenvalue weighted by Crippen LogP contribution is 2.24. The highest BCUT2D eigenvalue weighted by molar-refractivity contribution is 5.95. The van der Waals surface area contributed by atoms with E-state index in [0.29, 0.717) is 24.7 Å². The van der Waals surface area contributed by atoms with E-state index < -0.39 is 0 Å². The zero-order valence-corrected chi connectivity index (χ0v) is 15.1. The number of likely N-dealkylation sites (tertiary alicyclic amines) is 1. The molecule has 3 heterocycles. The van der Waals surface area contributed by atoms with Crippen molar-refractivity contribution in [1.82, 2.24) is 29.4 Å². The van der Waals surface area contributed by atoms with E-state index in [1.165, 1.54) is 6.33 Å². The Bertz CT molecular complexity index is 777. The molecule has 2 aromatic heterocycles. The summed E-state index contributed by atoms with van der Waals surface area (Å²) in [4.78, 5) is 26.4. The van der Waals surface area contributed by atoms with Gasteiger partial charge >= 0.3 is 5.69 Å². The molecule has 0 atom stereocenters. The maximum atomic E-state index is 12.9. The minimum absolute atomic E-state index is 0.0349. The number of amides is 1. The maximum Gasteiger partial charge on any atom is 0.343 e. The van der Waals surface area contributed by atoms with Gasteiger partial charge in [-0.2, -0.15) is 10.2 Å². The Morgan fingerprint density at radius 1 is 1.32 bits per heavy atom. The number of H-pyrrole nitrogens is 1. The van der Waals surface area contributed by atoms with Gasteiger partial charge in [-0.3, -0.25) is 14.0 Å². The van der Waals surface area contributed by atoms with E-state index in [1.54, 1.807) is 10.8 Å². The van der Waals surface area contributed by atoms with Crippen molar-refractivity contribution >= 4 is 5.91 Å². The van der Waals surface area contributed by atoms with Gasteiger partial charge in [0.1, 0.15) is 6.33 Å². The number of piperidine rings is 1. The molecule has 0 bridgehead atoms. The summed E-state index contributed by atoms with van der Waals surface area (Å²) in [6, 6.07) is 0.434. The van der Waals surface area contributed by atoms with Crippen LogP contribution in [0.5, 0.6) is 0 Å². The third kappa shape index (κ3) is 3.25. The lowest BCUT2D eigenvalue weighted by Crippen LogP contribution is -2.40. The first-order valence-corrected chi connectivity index (χ1v) is 9.01. The summed E-state index contributed by atoms with van der Waals surface area (Å²) in [7, 11) is 0. The number of hydrogen-bond acceptors (Lipinski definition) is 4. The van der Waals surface area contributed by atoms with Crippen molar-refractivity contribution in [2.24, 2.45) is 0 Å². The molecular formula is C17H26N6O2. The van der Waals surface area contributed by atoms with Crippen molar-refractivity contribution in [3.8, 4) is 0 Å². The van der Waals surface area contributed by atoms with Gasteiger partial charge in [-0.15, -0.1) is 0 Å². The summed E-state index contributed by atoms with van der Waals surface area (Å²) in [5.74, 6) is 0.0349. The molecule has 136 valence electrons. The first kappa shape index (κ1) is 17.4. The molecule has 8 heteroatoms. The fourth-order valence-electron chi connectivity index (χ4n) is 3.67. The fourth-order valence-corrected chi connectivity index (χ4v) is 3.67. The Morgan fingerprint density at radius 3 is 2.56 bits per heavy atom. The molecule has 0 radical (unpaired) electrons. The highest BCUT2D eigenvalue weighted by Gasteiger charge is 2.28. The average molecular weight is 346 g/mol. The van der Waals surface area contributed by atoms with E-state index in [1.807, 2.05) is 16.5 Å². The van der Waals surface area contributed by atoms with Crippen LogP contribution >= 0.6 is 0 Å². The van der Waals surface area contributed by atoms with Crippen LogP contribution in [-0.4, -0.2) is 48.4 Å². The van der Waals surface area contributed by atoms with Crippen LogP contribution in [0, 0.1) is 6.92 Å². The normalized spacial score (nSPS) is 15.9. The largest absolute Gasteiger partial charge is 0.343 e. The number of aromatic nitrogens is 5. The van der Waals surface area contributed by atoms with Crippen molar-refractivity contribution in [3.05, 3.63) is 34.3 Å². The standard InChI is InChI=1S/C17H26N6O2/c1-4-13(5-2)23-12(3)15(10-19-23)16(24)21-8-6-14(7-9-21)22-11-18-20-17(22)25/h10-11,13-14H,4-9H2,1-3H3,(H,20,25). The molecule has 1 amide bonds. The second-order valence-electron chi connectivity index (χ2n) is 6.65. The first-order valence-electron chi connectivity index (χ1n) is 9.01. The second kappa shape index (κ2) is 7.25. The third-order valence-electron chi connectivity index (χ3n) is 5.29. The van der Waals surface area contributed by atoms with E-state index in [-0.39, 0.29) is 17.6 Å². The van der Waals surface area contributed by atoms with Gasteiger partial charge in [0.25, 0.3) is 5.91 Å². The van der Waals surface area contributed by atoms with Gasteiger partial charge in [0.05, 0.1) is 17.8 Å². The lowest BCUT2D eigenvalue weighted by Gasteiger charge is -2.32. The van der Waals surface area contributed by atoms with Crippen molar-refractivity contribution in [2.45, 2.75) is 58.5 Å². The Morgan fingerprint density at radius 2 is 2.00 bits per heavy atom. The fraction of sp³-hybridized carbons (Fsp3) is 0.647. The van der Waals surface area contributed by atoms with Gasteiger partial charge in [-0.1, -0.05) is 13.8 Å². The molecule has 1 fully saturated rings. The Balaban J connectivity index is 1.69. The zero-order chi connectivity index (χ0) is 18.0. The topological polar surface area (TPSA) is 88.8 Å². The third-order valence-corrected chi connectivity index (χ3v) is 5.29. The summed E-state index contributed by atoms with van der Waals surface area (Å²) < 4.78 is 3.60. The average Bonchev–Trinajstić information content (AvgIpc) is 3.22. The number of hydrogen-bond donors (Lipinski definition) is 1. The second-order valence-corrected chi connectivity index (χ2v) is 6.65. The van der Waals surface area contributed by atoms with Crippen LogP contribution in [0.2, 0.25) is 0 Å². The van der Waals surface area contributed by atoms with Crippen LogP contribution in [0.3, 0.4) is 0 Å². The SMILES string of the molecule is CCC(CC)n1ncc(C(=O)N2CCC(n3cn[nH]c3=O)CC2)c1C. The number of nitrogens with one attached hydrogen (secondary N) is 1. The lowest BCUT2D eigenvalue weighted by atomic mass is 10.0. The smallest absolute Gasteiger partial charge is 0.338 e. The van der Waals surface area contributed by atoms with E-state index in [4.69, 9.17) is 0 Å². The van der Waals surface area contributed by atoms with Crippen LogP contribution in [-0.2, 0) is 0 Å². The Kier molecular flexibility index (Phi) is 5.06. The van der Waals surface area contributed by atoms with Crippen LogP contribution < -0.4 is 5.69 Å². The van der Waals surface area contributed by atoms with Gasteiger partial charge < -0.3 is 4.90 Å². The predicted molar refractivity (Wildman–Crippen MR) is 93.6 cm³/mol. The number of nitrogens with zero attached hydrogens (tertiary/aromatic N) is 5. The van der Waals surface area contributed by atoms with Crippen molar-refractivity contribution in [3.63, 3.8) is 0 Å². The van der Waals surface area contributed by atoms with Crippen molar-refractivity contribution in [1.29, 1.82) is 0 Å². The van der Waals surface area contributed by atoms with Gasteiger partial charge in [0.2, 0.25) is 0 Å². The monoisotopic (exact) mass is 346 g/mol. The lowest BCUT2D eigenvalue weighted by molar-refractivity contribution is 0.0692. The van der Waals surface area contributed by atoms with E-state index in [0.717, 1.165) is 31.4 Å². The van der Waals surface area contributed by atoms with Crippen LogP contribution in [0.1, 0.15) is 67.7 Å². The summed E-state index contributed by atoms with van der Waals surface area (Å²) in [5.41, 5.74) is 1.43. The molecule has 0 saturated carbocycles. The molecule has 8 nitrogen and oxygen atoms in total. The molecule has 2 aromatic rings. The highest BCUT2D eigenvalue weighted by atomic mass is 16.2. The number of aromatic amines is 1. The van der Waals surface area contributed by atoms with Crippen molar-refractivity contribution in [2.75, 3.05) is 13.1 Å². The maximum absolute atomic E-state index is 12.9. The zero-order valence-electron chi connectivity index (χ0n) is 15.1. The van der Waals surface area contributed by atoms with Crippen LogP contribution in [0.25, 0.3) is 0 Å². The molecule has 0 unspecified atom stereocenters. The van der Waals surface area contributed by atoms with Crippen LogP contribution in [0.4, 0.5) is 0 Å². The molecule has 1 saturated heterocycles. The van der Waals surface area contributed by atoms with Crippen LogP contribution in [0.15, 0.2) is 17.3 Å². The molecule has 1 aliphatic heterocycles. The molecular weight excluding hydrogens is 320 g/mol. The Labute approximate surface area is 146 Å². The molecule has 1 N–H and O–H groups in total. The van der Waals surface area contributed by atoms with Gasteiger partial charge in [0, 0.05) is 24.8 Å². The van der Waals surface area contributed by atoms with Crippen molar-refractivity contribution < 1.29 is 4.79 Å². The molecule has 0 spiro atoms. The Hall–Kier alpha value is -2.38. The molecule has 1 aliphatic rings. The molecule has 0 aromatic carbocycles. The van der Waals surface area contributed by atoms with Gasteiger partial charge in [-0.05, 0) is 32.6 Å². The molecule has 0 aliphatic carbocycles. The van der Waals surface area contributed by atoms with E-state index in [9.17, 15) is 9.59 Å². The minimum Gasteiger partial charge on any atom is -0.338 e. The predicted octanol–water partition coefficient (Wildman–Crippen LogP) is 1.91. The number of carbonyl (C=O) groups is 1. The van der Waals surface area contributed by atoms with E-state index >= 15 is 0 Å². The number of carbonyl (C=O) groups excluding carboxylic acids is 1. The summed E-state index contributed by atoms with van der Waals surface area (Å²) in [6.07, 6.45) is 6.74. The van der Waals surface area contributed by atoms with Gasteiger partial charge in [-0.25, -0.2) is 9.89 Å². The molecule has 25 heavy (non-hydrogen) atoms. The summed E-state index contributed by atoms with van der Waals surface area (Å²) >= 11 is 0. The first-order chi connectivity index (χ1) is 12.1. The molecule has 3 rings (SSSR count). The summed E-state index contributed by atoms with van der Waals surface area (Å²) in [5, 5.41) is 10.7. The quantitative estimate of drug-likeness (QED) is 0.896.